The molecule has 1 heterocycles. The fourth-order valence-electron chi connectivity index (χ4n) is 0.900. The highest BCUT2D eigenvalue weighted by molar-refractivity contribution is 5.87. The van der Waals surface area contributed by atoms with Gasteiger partial charge in [-0.1, -0.05) is 5.57 Å². The number of esters is 1. The van der Waals surface area contributed by atoms with Crippen molar-refractivity contribution in [1.82, 2.24) is 4.98 Å². The number of hydrogen-bond acceptors (Lipinski definition) is 4. The number of allylic oxidation sites excluding steroid dienone is 1. The normalized spacial score (nSPS) is 9.64. The Morgan fingerprint density at radius 3 is 2.93 bits per heavy atom. The lowest BCUT2D eigenvalue weighted by Crippen LogP contribution is -2.04. The monoisotopic (exact) mass is 195 g/mol. The molecule has 0 aliphatic carbocycles. The first-order valence-corrected chi connectivity index (χ1v) is 4.41. The van der Waals surface area contributed by atoms with Crippen molar-refractivity contribution in [3.63, 3.8) is 0 Å². The van der Waals surface area contributed by atoms with Gasteiger partial charge in [0.25, 0.3) is 0 Å². The zero-order chi connectivity index (χ0) is 10.6. The van der Waals surface area contributed by atoms with Crippen molar-refractivity contribution in [1.29, 1.82) is 0 Å². The van der Waals surface area contributed by atoms with Crippen LogP contribution in [0.3, 0.4) is 0 Å². The molecule has 0 aliphatic rings. The third kappa shape index (κ3) is 2.73. The number of carbonyl (C=O) groups is 1. The van der Waals surface area contributed by atoms with Crippen molar-refractivity contribution in [2.45, 2.75) is 20.8 Å². The molecule has 0 saturated heterocycles. The predicted octanol–water partition coefficient (Wildman–Crippen LogP) is 2.27. The molecule has 76 valence electrons. The molecule has 4 nitrogen and oxygen atoms in total. The first-order valence-electron chi connectivity index (χ1n) is 4.41. The van der Waals surface area contributed by atoms with Crippen LogP contribution in [0.1, 0.15) is 37.2 Å². The van der Waals surface area contributed by atoms with Crippen molar-refractivity contribution in [3.8, 4) is 0 Å². The standard InChI is InChI=1S/C10H13NO3/c1-4-13-10(12)8-6-14-9(11-8)5-7(2)3/h5-6H,4H2,1-3H3. The van der Waals surface area contributed by atoms with Crippen LogP contribution in [0.2, 0.25) is 0 Å². The molecule has 0 unspecified atom stereocenters. The van der Waals surface area contributed by atoms with Gasteiger partial charge >= 0.3 is 5.97 Å². The minimum atomic E-state index is -0.454. The summed E-state index contributed by atoms with van der Waals surface area (Å²) in [5.41, 5.74) is 1.27. The Kier molecular flexibility index (Phi) is 3.45. The van der Waals surface area contributed by atoms with Gasteiger partial charge in [0.1, 0.15) is 6.26 Å². The van der Waals surface area contributed by atoms with Gasteiger partial charge in [-0.2, -0.15) is 0 Å². The van der Waals surface area contributed by atoms with Gasteiger partial charge in [0, 0.05) is 0 Å². The lowest BCUT2D eigenvalue weighted by molar-refractivity contribution is 0.0519. The van der Waals surface area contributed by atoms with Gasteiger partial charge in [-0.3, -0.25) is 0 Å². The predicted molar refractivity (Wildman–Crippen MR) is 51.8 cm³/mol. The summed E-state index contributed by atoms with van der Waals surface area (Å²) in [6.07, 6.45) is 3.05. The van der Waals surface area contributed by atoms with Crippen LogP contribution in [0.25, 0.3) is 6.08 Å². The van der Waals surface area contributed by atoms with E-state index < -0.39 is 5.97 Å². The summed E-state index contributed by atoms with van der Waals surface area (Å²) < 4.78 is 9.82. The Hall–Kier alpha value is -1.58. The molecule has 0 saturated carbocycles. The SMILES string of the molecule is CCOC(=O)c1coc(C=C(C)C)n1. The van der Waals surface area contributed by atoms with Crippen molar-refractivity contribution in [3.05, 3.63) is 23.4 Å². The topological polar surface area (TPSA) is 52.3 Å². The fourth-order valence-corrected chi connectivity index (χ4v) is 0.900. The van der Waals surface area contributed by atoms with Crippen LogP contribution in [0.15, 0.2) is 16.3 Å². The molecule has 0 amide bonds. The van der Waals surface area contributed by atoms with Gasteiger partial charge < -0.3 is 9.15 Å². The molecule has 4 heteroatoms. The van der Waals surface area contributed by atoms with Crippen LogP contribution in [-0.2, 0) is 4.74 Å². The maximum atomic E-state index is 11.2. The zero-order valence-electron chi connectivity index (χ0n) is 8.53. The molecule has 0 atom stereocenters. The second kappa shape index (κ2) is 4.60. The number of nitrogens with zero attached hydrogens (tertiary/aromatic N) is 1. The quantitative estimate of drug-likeness (QED) is 0.694. The van der Waals surface area contributed by atoms with Crippen LogP contribution < -0.4 is 0 Å². The highest BCUT2D eigenvalue weighted by Gasteiger charge is 2.11. The summed E-state index contributed by atoms with van der Waals surface area (Å²) in [5.74, 6) is -0.0299. The summed E-state index contributed by atoms with van der Waals surface area (Å²) in [7, 11) is 0. The van der Waals surface area contributed by atoms with Gasteiger partial charge in [0.15, 0.2) is 5.69 Å². The number of rotatable bonds is 3. The Labute approximate surface area is 82.6 Å². The van der Waals surface area contributed by atoms with E-state index >= 15 is 0 Å². The molecule has 1 rings (SSSR count). The molecular formula is C10H13NO3. The van der Waals surface area contributed by atoms with Crippen molar-refractivity contribution in [2.75, 3.05) is 6.61 Å². The molecule has 0 radical (unpaired) electrons. The summed E-state index contributed by atoms with van der Waals surface area (Å²) in [6, 6.07) is 0. The highest BCUT2D eigenvalue weighted by Crippen LogP contribution is 2.07. The average molecular weight is 195 g/mol. The van der Waals surface area contributed by atoms with Crippen LogP contribution >= 0.6 is 0 Å². The molecule has 0 spiro atoms. The largest absolute Gasteiger partial charge is 0.461 e. The summed E-state index contributed by atoms with van der Waals surface area (Å²) in [4.78, 5) is 15.1. The number of hydrogen-bond donors (Lipinski definition) is 0. The minimum Gasteiger partial charge on any atom is -0.461 e. The third-order valence-corrected chi connectivity index (χ3v) is 1.42. The van der Waals surface area contributed by atoms with Crippen LogP contribution in [-0.4, -0.2) is 17.6 Å². The van der Waals surface area contributed by atoms with E-state index in [1.807, 2.05) is 13.8 Å². The maximum Gasteiger partial charge on any atom is 0.360 e. The first kappa shape index (κ1) is 10.5. The minimum absolute atomic E-state index is 0.208. The van der Waals surface area contributed by atoms with Crippen LogP contribution in [0.4, 0.5) is 0 Å². The number of oxazole rings is 1. The number of ether oxygens (including phenoxy) is 1. The second-order valence-electron chi connectivity index (χ2n) is 3.01. The van der Waals surface area contributed by atoms with E-state index in [1.54, 1.807) is 13.0 Å². The lowest BCUT2D eigenvalue weighted by atomic mass is 10.3. The highest BCUT2D eigenvalue weighted by atomic mass is 16.5. The van der Waals surface area contributed by atoms with E-state index in [-0.39, 0.29) is 5.69 Å². The van der Waals surface area contributed by atoms with E-state index in [0.717, 1.165) is 5.57 Å². The second-order valence-corrected chi connectivity index (χ2v) is 3.01. The van der Waals surface area contributed by atoms with Crippen LogP contribution in [0.5, 0.6) is 0 Å². The first-order chi connectivity index (χ1) is 6.63. The van der Waals surface area contributed by atoms with Gasteiger partial charge in [0.05, 0.1) is 6.61 Å². The lowest BCUT2D eigenvalue weighted by Gasteiger charge is -1.94. The molecule has 0 fully saturated rings. The Morgan fingerprint density at radius 2 is 2.36 bits per heavy atom. The van der Waals surface area contributed by atoms with E-state index in [2.05, 4.69) is 4.98 Å². The number of carbonyl (C=O) groups excluding carboxylic acids is 1. The molecule has 14 heavy (non-hydrogen) atoms. The van der Waals surface area contributed by atoms with E-state index in [1.165, 1.54) is 6.26 Å². The van der Waals surface area contributed by atoms with Crippen molar-refractivity contribution >= 4 is 12.0 Å². The van der Waals surface area contributed by atoms with Gasteiger partial charge in [-0.25, -0.2) is 9.78 Å². The maximum absolute atomic E-state index is 11.2. The fraction of sp³-hybridized carbons (Fsp3) is 0.400. The molecule has 0 aromatic carbocycles. The smallest absolute Gasteiger partial charge is 0.360 e. The Bertz CT molecular complexity index is 348. The number of aromatic nitrogens is 1. The van der Waals surface area contributed by atoms with Gasteiger partial charge in [-0.15, -0.1) is 0 Å². The Morgan fingerprint density at radius 1 is 1.64 bits per heavy atom. The Balaban J connectivity index is 2.78. The third-order valence-electron chi connectivity index (χ3n) is 1.42. The van der Waals surface area contributed by atoms with Gasteiger partial charge in [-0.05, 0) is 26.8 Å². The van der Waals surface area contributed by atoms with E-state index in [4.69, 9.17) is 9.15 Å². The van der Waals surface area contributed by atoms with Crippen molar-refractivity contribution < 1.29 is 13.9 Å². The van der Waals surface area contributed by atoms with E-state index in [0.29, 0.717) is 12.5 Å². The van der Waals surface area contributed by atoms with Crippen LogP contribution in [0, 0.1) is 0 Å². The zero-order valence-corrected chi connectivity index (χ0v) is 8.53. The molecule has 1 aromatic rings. The molecule has 0 bridgehead atoms. The van der Waals surface area contributed by atoms with Gasteiger partial charge in [0.2, 0.25) is 5.89 Å². The summed E-state index contributed by atoms with van der Waals surface area (Å²) in [6.45, 7) is 5.93. The molecule has 1 aromatic heterocycles. The molecule has 0 N–H and O–H groups in total. The average Bonchev–Trinajstić information content (AvgIpc) is 2.52. The summed E-state index contributed by atoms with van der Waals surface area (Å²) in [5, 5.41) is 0. The van der Waals surface area contributed by atoms with E-state index in [9.17, 15) is 4.79 Å². The summed E-state index contributed by atoms with van der Waals surface area (Å²) >= 11 is 0. The van der Waals surface area contributed by atoms with Crippen molar-refractivity contribution in [2.24, 2.45) is 0 Å². The molecule has 0 aliphatic heterocycles. The molecular weight excluding hydrogens is 182 g/mol.